The zero-order valence-electron chi connectivity index (χ0n) is 10.2. The number of anilines is 1. The normalized spacial score (nSPS) is 10.1. The van der Waals surface area contributed by atoms with E-state index in [4.69, 9.17) is 15.6 Å². The lowest BCUT2D eigenvalue weighted by atomic mass is 10.1. The topological polar surface area (TPSA) is 85.4 Å². The molecule has 1 aromatic carbocycles. The SMILES string of the molecule is Nc1ccc(OCCc2ccncc2)c(C(=O)O)c1. The first kappa shape index (κ1) is 12.9. The zero-order chi connectivity index (χ0) is 13.7. The number of nitrogens with zero attached hydrogens (tertiary/aromatic N) is 1. The second-order valence-corrected chi connectivity index (χ2v) is 4.01. The number of pyridine rings is 1. The van der Waals surface area contributed by atoms with E-state index in [0.29, 0.717) is 24.5 Å². The first-order valence-electron chi connectivity index (χ1n) is 5.81. The minimum absolute atomic E-state index is 0.0785. The van der Waals surface area contributed by atoms with E-state index < -0.39 is 5.97 Å². The van der Waals surface area contributed by atoms with Crippen LogP contribution in [0.15, 0.2) is 42.7 Å². The Balaban J connectivity index is 2.02. The van der Waals surface area contributed by atoms with Crippen LogP contribution in [0.25, 0.3) is 0 Å². The van der Waals surface area contributed by atoms with Crippen molar-refractivity contribution in [3.8, 4) is 5.75 Å². The molecule has 5 nitrogen and oxygen atoms in total. The first-order chi connectivity index (χ1) is 9.16. The van der Waals surface area contributed by atoms with Gasteiger partial charge in [0, 0.05) is 24.5 Å². The lowest BCUT2D eigenvalue weighted by molar-refractivity contribution is 0.0692. The van der Waals surface area contributed by atoms with Gasteiger partial charge in [0.15, 0.2) is 0 Å². The fourth-order valence-corrected chi connectivity index (χ4v) is 1.67. The number of aromatic nitrogens is 1. The number of nitrogens with two attached hydrogens (primary N) is 1. The number of nitrogen functional groups attached to an aromatic ring is 1. The highest BCUT2D eigenvalue weighted by atomic mass is 16.5. The van der Waals surface area contributed by atoms with Gasteiger partial charge in [-0.15, -0.1) is 0 Å². The summed E-state index contributed by atoms with van der Waals surface area (Å²) in [6, 6.07) is 8.37. The molecule has 0 unspecified atom stereocenters. The van der Waals surface area contributed by atoms with Crippen molar-refractivity contribution in [2.45, 2.75) is 6.42 Å². The summed E-state index contributed by atoms with van der Waals surface area (Å²) in [5.41, 5.74) is 7.12. The third-order valence-electron chi connectivity index (χ3n) is 2.63. The van der Waals surface area contributed by atoms with E-state index in [9.17, 15) is 4.79 Å². The van der Waals surface area contributed by atoms with Gasteiger partial charge in [-0.25, -0.2) is 4.79 Å². The maximum absolute atomic E-state index is 11.1. The second-order valence-electron chi connectivity index (χ2n) is 4.01. The molecule has 0 bridgehead atoms. The second kappa shape index (κ2) is 5.86. The number of benzene rings is 1. The predicted molar refractivity (Wildman–Crippen MR) is 71.2 cm³/mol. The number of carboxylic acids is 1. The minimum atomic E-state index is -1.05. The largest absolute Gasteiger partial charge is 0.492 e. The highest BCUT2D eigenvalue weighted by molar-refractivity contribution is 5.92. The van der Waals surface area contributed by atoms with Crippen LogP contribution in [0.5, 0.6) is 5.75 Å². The lowest BCUT2D eigenvalue weighted by Gasteiger charge is -2.09. The van der Waals surface area contributed by atoms with Crippen LogP contribution in [0.3, 0.4) is 0 Å². The van der Waals surface area contributed by atoms with E-state index in [1.165, 1.54) is 6.07 Å². The standard InChI is InChI=1S/C14H14N2O3/c15-11-1-2-13(12(9-11)14(17)18)19-8-5-10-3-6-16-7-4-10/h1-4,6-7,9H,5,8,15H2,(H,17,18). The highest BCUT2D eigenvalue weighted by Crippen LogP contribution is 2.21. The Hall–Kier alpha value is -2.56. The molecule has 5 heteroatoms. The molecule has 98 valence electrons. The molecule has 19 heavy (non-hydrogen) atoms. The number of carboxylic acid groups (broad SMARTS) is 1. The van der Waals surface area contributed by atoms with Crippen molar-refractivity contribution in [3.05, 3.63) is 53.9 Å². The molecule has 2 rings (SSSR count). The van der Waals surface area contributed by atoms with E-state index in [1.54, 1.807) is 24.5 Å². The van der Waals surface area contributed by atoms with E-state index >= 15 is 0 Å². The first-order valence-corrected chi connectivity index (χ1v) is 5.81. The molecular formula is C14H14N2O3. The number of rotatable bonds is 5. The number of hydrogen-bond donors (Lipinski definition) is 2. The van der Waals surface area contributed by atoms with Crippen molar-refractivity contribution in [1.82, 2.24) is 4.98 Å². The van der Waals surface area contributed by atoms with Crippen molar-refractivity contribution < 1.29 is 14.6 Å². The van der Waals surface area contributed by atoms with Crippen molar-refractivity contribution in [1.29, 1.82) is 0 Å². The molecule has 1 aromatic heterocycles. The van der Waals surface area contributed by atoms with Crippen LogP contribution < -0.4 is 10.5 Å². The van der Waals surface area contributed by atoms with Crippen molar-refractivity contribution in [2.24, 2.45) is 0 Å². The Bertz CT molecular complexity index is 570. The van der Waals surface area contributed by atoms with Crippen molar-refractivity contribution in [3.63, 3.8) is 0 Å². The molecule has 1 heterocycles. The molecule has 0 spiro atoms. The third kappa shape index (κ3) is 3.45. The fraction of sp³-hybridized carbons (Fsp3) is 0.143. The van der Waals surface area contributed by atoms with Crippen LogP contribution in [-0.2, 0) is 6.42 Å². The Labute approximate surface area is 110 Å². The van der Waals surface area contributed by atoms with E-state index in [1.807, 2.05) is 12.1 Å². The van der Waals surface area contributed by atoms with Gasteiger partial charge in [0.25, 0.3) is 0 Å². The summed E-state index contributed by atoms with van der Waals surface area (Å²) < 4.78 is 5.50. The Kier molecular flexibility index (Phi) is 3.97. The third-order valence-corrected chi connectivity index (χ3v) is 2.63. The molecule has 0 fully saturated rings. The summed E-state index contributed by atoms with van der Waals surface area (Å²) in [5.74, 6) is -0.720. The summed E-state index contributed by atoms with van der Waals surface area (Å²) >= 11 is 0. The average molecular weight is 258 g/mol. The summed E-state index contributed by atoms with van der Waals surface area (Å²) in [6.07, 6.45) is 4.11. The molecule has 0 amide bonds. The van der Waals surface area contributed by atoms with E-state index in [0.717, 1.165) is 5.56 Å². The van der Waals surface area contributed by atoms with Crippen LogP contribution in [0.1, 0.15) is 15.9 Å². The molecule has 0 saturated carbocycles. The Morgan fingerprint density at radius 3 is 2.68 bits per heavy atom. The van der Waals surface area contributed by atoms with Crippen LogP contribution in [0.4, 0.5) is 5.69 Å². The van der Waals surface area contributed by atoms with Crippen LogP contribution in [0.2, 0.25) is 0 Å². The quantitative estimate of drug-likeness (QED) is 0.801. The van der Waals surface area contributed by atoms with Gasteiger partial charge in [-0.3, -0.25) is 4.98 Å². The van der Waals surface area contributed by atoms with Gasteiger partial charge < -0.3 is 15.6 Å². The van der Waals surface area contributed by atoms with Gasteiger partial charge in [-0.05, 0) is 35.9 Å². The average Bonchev–Trinajstić information content (AvgIpc) is 2.41. The lowest BCUT2D eigenvalue weighted by Crippen LogP contribution is -2.07. The van der Waals surface area contributed by atoms with Crippen LogP contribution >= 0.6 is 0 Å². The van der Waals surface area contributed by atoms with Crippen molar-refractivity contribution in [2.75, 3.05) is 12.3 Å². The number of hydrogen-bond acceptors (Lipinski definition) is 4. The molecule has 0 saturated heterocycles. The number of aromatic carboxylic acids is 1. The maximum atomic E-state index is 11.1. The van der Waals surface area contributed by atoms with Gasteiger partial charge in [0.05, 0.1) is 6.61 Å². The molecule has 0 atom stereocenters. The summed E-state index contributed by atoms with van der Waals surface area (Å²) in [7, 11) is 0. The van der Waals surface area contributed by atoms with Crippen LogP contribution in [-0.4, -0.2) is 22.7 Å². The molecule has 3 N–H and O–H groups in total. The number of ether oxygens (including phenoxy) is 1. The smallest absolute Gasteiger partial charge is 0.339 e. The summed E-state index contributed by atoms with van der Waals surface area (Å²) in [5, 5.41) is 9.06. The minimum Gasteiger partial charge on any atom is -0.492 e. The highest BCUT2D eigenvalue weighted by Gasteiger charge is 2.11. The molecule has 0 aliphatic heterocycles. The fourth-order valence-electron chi connectivity index (χ4n) is 1.67. The van der Waals surface area contributed by atoms with Gasteiger partial charge in [0.1, 0.15) is 11.3 Å². The Morgan fingerprint density at radius 1 is 1.26 bits per heavy atom. The molecule has 0 radical (unpaired) electrons. The summed E-state index contributed by atoms with van der Waals surface area (Å²) in [4.78, 5) is 15.0. The van der Waals surface area contributed by atoms with Gasteiger partial charge in [0.2, 0.25) is 0 Å². The number of carbonyl (C=O) groups is 1. The molecule has 0 aliphatic carbocycles. The zero-order valence-corrected chi connectivity index (χ0v) is 10.2. The van der Waals surface area contributed by atoms with Gasteiger partial charge in [-0.1, -0.05) is 0 Å². The molecule has 0 aliphatic rings. The monoisotopic (exact) mass is 258 g/mol. The van der Waals surface area contributed by atoms with Gasteiger partial charge in [-0.2, -0.15) is 0 Å². The molecular weight excluding hydrogens is 244 g/mol. The van der Waals surface area contributed by atoms with E-state index in [2.05, 4.69) is 4.98 Å². The van der Waals surface area contributed by atoms with Crippen LogP contribution in [0, 0.1) is 0 Å². The van der Waals surface area contributed by atoms with Gasteiger partial charge >= 0.3 is 5.97 Å². The maximum Gasteiger partial charge on any atom is 0.339 e. The van der Waals surface area contributed by atoms with E-state index in [-0.39, 0.29) is 5.56 Å². The predicted octanol–water partition coefficient (Wildman–Crippen LogP) is 1.98. The molecule has 2 aromatic rings. The Morgan fingerprint density at radius 2 is 2.00 bits per heavy atom. The van der Waals surface area contributed by atoms with Crippen molar-refractivity contribution >= 4 is 11.7 Å². The summed E-state index contributed by atoms with van der Waals surface area (Å²) in [6.45, 7) is 0.397.